The fourth-order valence-corrected chi connectivity index (χ4v) is 1.05. The minimum Gasteiger partial charge on any atom is -0.497 e. The summed E-state index contributed by atoms with van der Waals surface area (Å²) in [7, 11) is 1.61. The van der Waals surface area contributed by atoms with E-state index in [1.807, 2.05) is 18.2 Å². The van der Waals surface area contributed by atoms with Crippen LogP contribution in [0.5, 0.6) is 11.5 Å². The third-order valence-corrected chi connectivity index (χ3v) is 1.88. The van der Waals surface area contributed by atoms with Gasteiger partial charge in [-0.3, -0.25) is 0 Å². The van der Waals surface area contributed by atoms with E-state index in [4.69, 9.17) is 20.5 Å². The molecular formula is C11H14N2O2. The monoisotopic (exact) mass is 206 g/mol. The number of nitriles is 1. The molecule has 0 fully saturated rings. The van der Waals surface area contributed by atoms with Gasteiger partial charge >= 0.3 is 0 Å². The lowest BCUT2D eigenvalue weighted by Gasteiger charge is -2.10. The molecule has 4 nitrogen and oxygen atoms in total. The van der Waals surface area contributed by atoms with E-state index in [9.17, 15) is 0 Å². The summed E-state index contributed by atoms with van der Waals surface area (Å²) in [6, 6.07) is 8.99. The second kappa shape index (κ2) is 5.89. The van der Waals surface area contributed by atoms with Crippen LogP contribution in [0.15, 0.2) is 24.3 Å². The van der Waals surface area contributed by atoms with Crippen LogP contribution in [-0.4, -0.2) is 19.8 Å². The van der Waals surface area contributed by atoms with Gasteiger partial charge in [0.2, 0.25) is 0 Å². The third-order valence-electron chi connectivity index (χ3n) is 1.88. The number of nitrogens with two attached hydrogens (primary N) is 1. The van der Waals surface area contributed by atoms with Crippen LogP contribution in [0.1, 0.15) is 6.42 Å². The first-order valence-electron chi connectivity index (χ1n) is 4.65. The highest BCUT2D eigenvalue weighted by atomic mass is 16.5. The van der Waals surface area contributed by atoms with Crippen LogP contribution < -0.4 is 15.2 Å². The van der Waals surface area contributed by atoms with Crippen molar-refractivity contribution in [1.29, 1.82) is 5.26 Å². The molecule has 1 aromatic rings. The first-order chi connectivity index (χ1) is 7.26. The molecule has 0 aliphatic heterocycles. The predicted molar refractivity (Wildman–Crippen MR) is 56.7 cm³/mol. The number of hydrogen-bond donors (Lipinski definition) is 1. The average Bonchev–Trinajstić information content (AvgIpc) is 2.27. The molecule has 0 heterocycles. The van der Waals surface area contributed by atoms with Crippen molar-refractivity contribution >= 4 is 0 Å². The Hall–Kier alpha value is -1.73. The van der Waals surface area contributed by atoms with Crippen LogP contribution in [0.4, 0.5) is 0 Å². The minimum absolute atomic E-state index is 0.239. The fraction of sp³-hybridized carbons (Fsp3) is 0.364. The maximum Gasteiger partial charge on any atom is 0.119 e. The highest BCUT2D eigenvalue weighted by Gasteiger charge is 2.02. The van der Waals surface area contributed by atoms with Gasteiger partial charge in [-0.25, -0.2) is 0 Å². The molecule has 80 valence electrons. The van der Waals surface area contributed by atoms with Gasteiger partial charge in [0.1, 0.15) is 18.1 Å². The van der Waals surface area contributed by atoms with E-state index < -0.39 is 0 Å². The molecule has 0 saturated heterocycles. The van der Waals surface area contributed by atoms with E-state index in [1.165, 1.54) is 0 Å². The molecule has 2 N–H and O–H groups in total. The summed E-state index contributed by atoms with van der Waals surface area (Å²) in [5.74, 6) is 1.51. The molecule has 0 amide bonds. The van der Waals surface area contributed by atoms with Gasteiger partial charge in [0, 0.05) is 0 Å². The van der Waals surface area contributed by atoms with Crippen molar-refractivity contribution in [2.75, 3.05) is 13.7 Å². The summed E-state index contributed by atoms with van der Waals surface area (Å²) < 4.78 is 10.4. The Morgan fingerprint density at radius 1 is 1.33 bits per heavy atom. The first-order valence-corrected chi connectivity index (χ1v) is 4.65. The van der Waals surface area contributed by atoms with E-state index in [1.54, 1.807) is 19.2 Å². The first kappa shape index (κ1) is 11.3. The molecule has 4 heteroatoms. The van der Waals surface area contributed by atoms with E-state index in [2.05, 4.69) is 0 Å². The number of hydrogen-bond acceptors (Lipinski definition) is 4. The van der Waals surface area contributed by atoms with Crippen LogP contribution in [-0.2, 0) is 0 Å². The van der Waals surface area contributed by atoms with Gasteiger partial charge in [-0.2, -0.15) is 5.26 Å². The Morgan fingerprint density at radius 3 is 2.47 bits per heavy atom. The van der Waals surface area contributed by atoms with Gasteiger partial charge in [-0.15, -0.1) is 0 Å². The van der Waals surface area contributed by atoms with Crippen LogP contribution in [0.3, 0.4) is 0 Å². The van der Waals surface area contributed by atoms with Crippen molar-refractivity contribution in [2.24, 2.45) is 5.73 Å². The molecule has 0 bridgehead atoms. The molecule has 0 saturated carbocycles. The summed E-state index contributed by atoms with van der Waals surface area (Å²) in [4.78, 5) is 0. The zero-order chi connectivity index (χ0) is 11.1. The molecule has 0 aliphatic rings. The van der Waals surface area contributed by atoms with Gasteiger partial charge in [0.25, 0.3) is 0 Å². The maximum absolute atomic E-state index is 8.40. The SMILES string of the molecule is COc1ccc(OCC(N)CC#N)cc1. The summed E-state index contributed by atoms with van der Waals surface area (Å²) in [5.41, 5.74) is 5.62. The average molecular weight is 206 g/mol. The molecule has 0 spiro atoms. The molecule has 15 heavy (non-hydrogen) atoms. The van der Waals surface area contributed by atoms with Gasteiger partial charge < -0.3 is 15.2 Å². The molecule has 0 radical (unpaired) electrons. The van der Waals surface area contributed by atoms with Gasteiger partial charge in [-0.05, 0) is 24.3 Å². The fourth-order valence-electron chi connectivity index (χ4n) is 1.05. The summed E-state index contributed by atoms with van der Waals surface area (Å²) in [5, 5.41) is 8.40. The number of rotatable bonds is 5. The zero-order valence-corrected chi connectivity index (χ0v) is 8.64. The second-order valence-corrected chi connectivity index (χ2v) is 3.11. The van der Waals surface area contributed by atoms with Crippen LogP contribution in [0, 0.1) is 11.3 Å². The number of methoxy groups -OCH3 is 1. The Morgan fingerprint density at radius 2 is 1.93 bits per heavy atom. The highest BCUT2D eigenvalue weighted by Crippen LogP contribution is 2.16. The van der Waals surface area contributed by atoms with Crippen molar-refractivity contribution < 1.29 is 9.47 Å². The van der Waals surface area contributed by atoms with Gasteiger partial charge in [-0.1, -0.05) is 0 Å². The number of nitrogens with zero attached hydrogens (tertiary/aromatic N) is 1. The van der Waals surface area contributed by atoms with Crippen LogP contribution in [0.2, 0.25) is 0 Å². The molecule has 1 aromatic carbocycles. The van der Waals surface area contributed by atoms with Crippen LogP contribution in [0.25, 0.3) is 0 Å². The second-order valence-electron chi connectivity index (χ2n) is 3.11. The van der Waals surface area contributed by atoms with E-state index in [0.29, 0.717) is 13.0 Å². The molecule has 0 aromatic heterocycles. The van der Waals surface area contributed by atoms with Gasteiger partial charge in [0.05, 0.1) is 25.6 Å². The minimum atomic E-state index is -0.239. The standard InChI is InChI=1S/C11H14N2O2/c1-14-10-2-4-11(5-3-10)15-8-9(13)6-7-12/h2-5,9H,6,8,13H2,1H3. The molecular weight excluding hydrogens is 192 g/mol. The summed E-state index contributed by atoms with van der Waals surface area (Å²) in [6.45, 7) is 0.347. The van der Waals surface area contributed by atoms with Crippen molar-refractivity contribution in [1.82, 2.24) is 0 Å². The lowest BCUT2D eigenvalue weighted by molar-refractivity contribution is 0.289. The Balaban J connectivity index is 2.41. The topological polar surface area (TPSA) is 68.3 Å². The molecule has 0 aliphatic carbocycles. The van der Waals surface area contributed by atoms with Crippen LogP contribution >= 0.6 is 0 Å². The smallest absolute Gasteiger partial charge is 0.119 e. The number of benzene rings is 1. The molecule has 1 rings (SSSR count). The van der Waals surface area contributed by atoms with E-state index in [-0.39, 0.29) is 6.04 Å². The predicted octanol–water partition coefficient (Wildman–Crippen LogP) is 1.31. The largest absolute Gasteiger partial charge is 0.497 e. The van der Waals surface area contributed by atoms with Gasteiger partial charge in [0.15, 0.2) is 0 Å². The third kappa shape index (κ3) is 3.88. The van der Waals surface area contributed by atoms with Crippen molar-refractivity contribution in [2.45, 2.75) is 12.5 Å². The number of ether oxygens (including phenoxy) is 2. The normalized spacial score (nSPS) is 11.5. The van der Waals surface area contributed by atoms with E-state index in [0.717, 1.165) is 11.5 Å². The summed E-state index contributed by atoms with van der Waals surface area (Å²) >= 11 is 0. The Labute approximate surface area is 89.2 Å². The quantitative estimate of drug-likeness (QED) is 0.788. The van der Waals surface area contributed by atoms with E-state index >= 15 is 0 Å². The Kier molecular flexibility index (Phi) is 4.45. The lowest BCUT2D eigenvalue weighted by atomic mass is 10.2. The lowest BCUT2D eigenvalue weighted by Crippen LogP contribution is -2.27. The molecule has 1 atom stereocenters. The Bertz CT molecular complexity index is 329. The zero-order valence-electron chi connectivity index (χ0n) is 8.64. The molecule has 1 unspecified atom stereocenters. The summed E-state index contributed by atoms with van der Waals surface area (Å²) in [6.07, 6.45) is 0.302. The van der Waals surface area contributed by atoms with Crippen molar-refractivity contribution in [3.05, 3.63) is 24.3 Å². The van der Waals surface area contributed by atoms with Crippen molar-refractivity contribution in [3.63, 3.8) is 0 Å². The van der Waals surface area contributed by atoms with Crippen molar-refractivity contribution in [3.8, 4) is 17.6 Å². The highest BCUT2D eigenvalue weighted by molar-refractivity contribution is 5.31. The maximum atomic E-state index is 8.40.